The van der Waals surface area contributed by atoms with Crippen LogP contribution < -0.4 is 26.4 Å². The van der Waals surface area contributed by atoms with Gasteiger partial charge in [-0.15, -0.1) is 0 Å². The van der Waals surface area contributed by atoms with Crippen molar-refractivity contribution in [2.75, 3.05) is 9.80 Å². The van der Waals surface area contributed by atoms with Gasteiger partial charge >= 0.3 is 0 Å². The van der Waals surface area contributed by atoms with Gasteiger partial charge in [0, 0.05) is 45.0 Å². The minimum Gasteiger partial charge on any atom is -0.467 e. The lowest BCUT2D eigenvalue weighted by molar-refractivity contribution is 0.590. The van der Waals surface area contributed by atoms with Crippen LogP contribution >= 0.6 is 0 Å². The smallest absolute Gasteiger partial charge is 0.297 e. The summed E-state index contributed by atoms with van der Waals surface area (Å²) in [7, 11) is 0. The number of furan rings is 2. The largest absolute Gasteiger partial charge is 0.467 e. The molecule has 4 heterocycles. The standard InChI is InChI=1S/C59H55BN2O2/c1-36-33-47-52-48(34-36)62(43-28-23-40(24-29-43)58(5,6)7)53-44-30-32-49-51(50(37-17-13-11-14-18-37)54(63-49)38-19-15-12-16-20-38)55(44)64-56(53)60(52)45-35-41(59(8,9)10)25-31-46(45)61(47)42-26-21-39(22-27-42)57(2,3)4/h11-35H,1-10H3. The van der Waals surface area contributed by atoms with Crippen LogP contribution in [0.3, 0.4) is 0 Å². The summed E-state index contributed by atoms with van der Waals surface area (Å²) in [6, 6.07) is 55.8. The Hall–Kier alpha value is -6.72. The predicted molar refractivity (Wildman–Crippen MR) is 272 cm³/mol. The van der Waals surface area contributed by atoms with E-state index in [1.165, 1.54) is 50.2 Å². The van der Waals surface area contributed by atoms with Crippen molar-refractivity contribution in [3.05, 3.63) is 174 Å². The topological polar surface area (TPSA) is 32.8 Å². The number of hydrogen-bond acceptors (Lipinski definition) is 4. The van der Waals surface area contributed by atoms with Crippen LogP contribution in [0.15, 0.2) is 160 Å². The lowest BCUT2D eigenvalue weighted by Gasteiger charge is -2.43. The van der Waals surface area contributed by atoms with Crippen LogP contribution in [-0.2, 0) is 16.2 Å². The van der Waals surface area contributed by atoms with Gasteiger partial charge in [0.2, 0.25) is 0 Å². The van der Waals surface area contributed by atoms with Gasteiger partial charge in [-0.3, -0.25) is 0 Å². The molecule has 0 saturated heterocycles. The lowest BCUT2D eigenvalue weighted by atomic mass is 9.35. The van der Waals surface area contributed by atoms with E-state index in [0.717, 1.165) is 67.1 Å². The van der Waals surface area contributed by atoms with Crippen LogP contribution in [0.25, 0.3) is 44.4 Å². The van der Waals surface area contributed by atoms with Crippen LogP contribution in [0.2, 0.25) is 0 Å². The normalized spacial score (nSPS) is 13.7. The van der Waals surface area contributed by atoms with E-state index in [9.17, 15) is 0 Å². The van der Waals surface area contributed by atoms with E-state index < -0.39 is 0 Å². The Balaban J connectivity index is 1.26. The van der Waals surface area contributed by atoms with Crippen molar-refractivity contribution in [1.29, 1.82) is 0 Å². The molecule has 11 rings (SSSR count). The summed E-state index contributed by atoms with van der Waals surface area (Å²) in [6.45, 7) is 22.7. The third-order valence-electron chi connectivity index (χ3n) is 13.6. The Bertz CT molecular complexity index is 3270. The fourth-order valence-corrected chi connectivity index (χ4v) is 10.2. The first-order valence-electron chi connectivity index (χ1n) is 22.8. The van der Waals surface area contributed by atoms with Gasteiger partial charge in [-0.1, -0.05) is 159 Å². The maximum atomic E-state index is 7.68. The van der Waals surface area contributed by atoms with Crippen LogP contribution in [0.1, 0.15) is 84.6 Å². The van der Waals surface area contributed by atoms with Crippen LogP contribution in [-0.4, -0.2) is 6.71 Å². The summed E-state index contributed by atoms with van der Waals surface area (Å²) < 4.78 is 14.6. The van der Waals surface area contributed by atoms with Crippen molar-refractivity contribution in [2.45, 2.75) is 85.5 Å². The van der Waals surface area contributed by atoms with Gasteiger partial charge in [-0.2, -0.15) is 0 Å². The van der Waals surface area contributed by atoms with Gasteiger partial charge in [-0.05, 0) is 117 Å². The molecule has 64 heavy (non-hydrogen) atoms. The fourth-order valence-electron chi connectivity index (χ4n) is 10.2. The fraction of sp³-hybridized carbons (Fsp3) is 0.220. The summed E-state index contributed by atoms with van der Waals surface area (Å²) in [5.41, 5.74) is 20.1. The molecular formula is C59H55BN2O2. The zero-order valence-electron chi connectivity index (χ0n) is 38.7. The molecule has 0 aliphatic carbocycles. The SMILES string of the molecule is Cc1cc2c3c(c1)N(c1ccc(C(C)(C)C)cc1)c1c(oc4c1ccc1oc(-c5ccccc5)c(-c5ccccc5)c14)B3c1cc(C(C)(C)C)ccc1N2c1ccc(C(C)(C)C)cc1. The number of hydrogen-bond donors (Lipinski definition) is 0. The van der Waals surface area contributed by atoms with Crippen molar-refractivity contribution in [3.8, 4) is 22.5 Å². The van der Waals surface area contributed by atoms with Crippen molar-refractivity contribution in [3.63, 3.8) is 0 Å². The van der Waals surface area contributed by atoms with Crippen molar-refractivity contribution in [2.24, 2.45) is 0 Å². The summed E-state index contributed by atoms with van der Waals surface area (Å²) in [4.78, 5) is 4.99. The maximum Gasteiger partial charge on any atom is 0.297 e. The van der Waals surface area contributed by atoms with Gasteiger partial charge in [0.25, 0.3) is 6.71 Å². The molecule has 316 valence electrons. The first-order valence-corrected chi connectivity index (χ1v) is 22.8. The van der Waals surface area contributed by atoms with Gasteiger partial charge in [-0.25, -0.2) is 0 Å². The minimum atomic E-state index is -0.184. The molecule has 2 aromatic heterocycles. The molecule has 2 aliphatic heterocycles. The van der Waals surface area contributed by atoms with E-state index in [1.54, 1.807) is 0 Å². The van der Waals surface area contributed by atoms with E-state index in [2.05, 4.69) is 231 Å². The molecule has 0 atom stereocenters. The summed E-state index contributed by atoms with van der Waals surface area (Å²) in [5.74, 6) is 0.838. The van der Waals surface area contributed by atoms with E-state index >= 15 is 0 Å². The number of nitrogens with zero attached hydrogens (tertiary/aromatic N) is 2. The quantitative estimate of drug-likeness (QED) is 0.165. The number of aryl methyl sites for hydroxylation is 1. The zero-order valence-corrected chi connectivity index (χ0v) is 38.7. The second-order valence-electron chi connectivity index (χ2n) is 21.1. The van der Waals surface area contributed by atoms with E-state index in [0.29, 0.717) is 0 Å². The Morgan fingerprint density at radius 1 is 0.484 bits per heavy atom. The summed E-state index contributed by atoms with van der Waals surface area (Å²) >= 11 is 0. The Morgan fingerprint density at radius 2 is 1.02 bits per heavy atom. The van der Waals surface area contributed by atoms with E-state index in [4.69, 9.17) is 8.83 Å². The molecule has 0 radical (unpaired) electrons. The molecule has 0 spiro atoms. The van der Waals surface area contributed by atoms with Gasteiger partial charge in [0.15, 0.2) is 0 Å². The molecule has 0 saturated carbocycles. The van der Waals surface area contributed by atoms with Crippen LogP contribution in [0.5, 0.6) is 0 Å². The van der Waals surface area contributed by atoms with Crippen molar-refractivity contribution < 1.29 is 8.83 Å². The van der Waals surface area contributed by atoms with Crippen molar-refractivity contribution in [1.82, 2.24) is 0 Å². The molecule has 5 heteroatoms. The number of fused-ring (bicyclic) bond motifs is 8. The van der Waals surface area contributed by atoms with E-state index in [1.807, 2.05) is 0 Å². The lowest BCUT2D eigenvalue weighted by Crippen LogP contribution is -2.61. The average Bonchev–Trinajstić information content (AvgIpc) is 3.85. The van der Waals surface area contributed by atoms with Crippen LogP contribution in [0.4, 0.5) is 34.1 Å². The molecule has 0 fully saturated rings. The molecule has 0 bridgehead atoms. The molecular weight excluding hydrogens is 779 g/mol. The molecule has 9 aromatic rings. The summed E-state index contributed by atoms with van der Waals surface area (Å²) in [5, 5.41) is 2.04. The third kappa shape index (κ3) is 6.26. The molecule has 2 aliphatic rings. The average molecular weight is 835 g/mol. The molecule has 7 aromatic carbocycles. The van der Waals surface area contributed by atoms with Crippen molar-refractivity contribution >= 4 is 79.4 Å². The predicted octanol–water partition coefficient (Wildman–Crippen LogP) is 14.8. The molecule has 0 N–H and O–H groups in total. The Morgan fingerprint density at radius 3 is 1.59 bits per heavy atom. The highest BCUT2D eigenvalue weighted by Crippen LogP contribution is 2.51. The number of anilines is 6. The van der Waals surface area contributed by atoms with E-state index in [-0.39, 0.29) is 23.0 Å². The first-order chi connectivity index (χ1) is 30.6. The molecule has 4 nitrogen and oxygen atoms in total. The third-order valence-corrected chi connectivity index (χ3v) is 13.6. The minimum absolute atomic E-state index is 0.0101. The number of benzene rings is 7. The van der Waals surface area contributed by atoms with Gasteiger partial charge in [0.1, 0.15) is 16.9 Å². The highest BCUT2D eigenvalue weighted by Gasteiger charge is 2.47. The molecule has 0 unspecified atom stereocenters. The number of rotatable bonds is 4. The van der Waals surface area contributed by atoms with Gasteiger partial charge < -0.3 is 18.6 Å². The second-order valence-corrected chi connectivity index (χ2v) is 21.1. The first kappa shape index (κ1) is 40.1. The van der Waals surface area contributed by atoms with Crippen LogP contribution in [0, 0.1) is 6.92 Å². The summed E-state index contributed by atoms with van der Waals surface area (Å²) in [6.07, 6.45) is 0. The highest BCUT2D eigenvalue weighted by molar-refractivity contribution is 7.00. The molecule has 0 amide bonds. The monoisotopic (exact) mass is 834 g/mol. The highest BCUT2D eigenvalue weighted by atomic mass is 16.3. The Labute approximate surface area is 378 Å². The second kappa shape index (κ2) is 14.1. The Kier molecular flexibility index (Phi) is 8.86. The zero-order chi connectivity index (χ0) is 44.4. The van der Waals surface area contributed by atoms with Gasteiger partial charge in [0.05, 0.1) is 16.7 Å². The maximum absolute atomic E-state index is 7.68.